The van der Waals surface area contributed by atoms with Gasteiger partial charge in [-0.15, -0.1) is 0 Å². The summed E-state index contributed by atoms with van der Waals surface area (Å²) in [5.74, 6) is 2.07. The number of benzene rings is 3. The number of hydrogen-bond acceptors (Lipinski definition) is 5. The molecule has 3 aromatic rings. The van der Waals surface area contributed by atoms with Crippen LogP contribution in [0.25, 0.3) is 0 Å². The van der Waals surface area contributed by atoms with Gasteiger partial charge in [0, 0.05) is 17.9 Å². The normalized spacial score (nSPS) is 15.2. The maximum Gasteiger partial charge on any atom is 0.255 e. The number of rotatable bonds is 10. The molecule has 1 N–H and O–H groups in total. The molecule has 6 heteroatoms. The third-order valence-electron chi connectivity index (χ3n) is 5.05. The SMILES string of the molecule is O=C(Nc1ccc(OCC2CCCO2)cc1)c1ccc(OCCOc2ccccc2)cc1. The fourth-order valence-corrected chi connectivity index (χ4v) is 3.34. The van der Waals surface area contributed by atoms with Gasteiger partial charge in [-0.05, 0) is 73.5 Å². The van der Waals surface area contributed by atoms with E-state index in [2.05, 4.69) is 5.32 Å². The van der Waals surface area contributed by atoms with Gasteiger partial charge in [-0.2, -0.15) is 0 Å². The largest absolute Gasteiger partial charge is 0.491 e. The van der Waals surface area contributed by atoms with Crippen molar-refractivity contribution >= 4 is 11.6 Å². The molecule has 1 unspecified atom stereocenters. The monoisotopic (exact) mass is 433 g/mol. The highest BCUT2D eigenvalue weighted by Gasteiger charge is 2.16. The van der Waals surface area contributed by atoms with Crippen LogP contribution in [0.4, 0.5) is 5.69 Å². The standard InChI is InChI=1S/C26H27NO5/c28-26(27-21-10-14-24(15-11-21)32-19-25-7-4-16-29-25)20-8-12-23(13-9-20)31-18-17-30-22-5-2-1-3-6-22/h1-3,5-6,8-15,25H,4,7,16-19H2,(H,27,28). The van der Waals surface area contributed by atoms with Gasteiger partial charge in [0.05, 0.1) is 6.10 Å². The van der Waals surface area contributed by atoms with Crippen LogP contribution in [0.1, 0.15) is 23.2 Å². The van der Waals surface area contributed by atoms with E-state index in [-0.39, 0.29) is 12.0 Å². The second kappa shape index (κ2) is 11.2. The van der Waals surface area contributed by atoms with Crippen LogP contribution in [0.2, 0.25) is 0 Å². The minimum absolute atomic E-state index is 0.178. The summed E-state index contributed by atoms with van der Waals surface area (Å²) in [6.07, 6.45) is 2.31. The molecule has 1 atom stereocenters. The van der Waals surface area contributed by atoms with Crippen LogP contribution in [0, 0.1) is 0 Å². The van der Waals surface area contributed by atoms with Crippen molar-refractivity contribution in [2.45, 2.75) is 18.9 Å². The van der Waals surface area contributed by atoms with Gasteiger partial charge in [0.2, 0.25) is 0 Å². The van der Waals surface area contributed by atoms with Gasteiger partial charge in [-0.3, -0.25) is 4.79 Å². The first-order chi connectivity index (χ1) is 15.8. The van der Waals surface area contributed by atoms with E-state index >= 15 is 0 Å². The predicted molar refractivity (Wildman–Crippen MR) is 123 cm³/mol. The Balaban J connectivity index is 1.20. The Kier molecular flexibility index (Phi) is 7.60. The number of amides is 1. The Morgan fingerprint density at radius 1 is 0.812 bits per heavy atom. The van der Waals surface area contributed by atoms with Crippen LogP contribution in [0.15, 0.2) is 78.9 Å². The molecule has 1 amide bonds. The summed E-state index contributed by atoms with van der Waals surface area (Å²) in [6.45, 7) is 2.23. The van der Waals surface area contributed by atoms with E-state index in [9.17, 15) is 4.79 Å². The molecular weight excluding hydrogens is 406 g/mol. The smallest absolute Gasteiger partial charge is 0.255 e. The van der Waals surface area contributed by atoms with Crippen molar-refractivity contribution in [2.75, 3.05) is 31.7 Å². The van der Waals surface area contributed by atoms with Crippen LogP contribution < -0.4 is 19.5 Å². The van der Waals surface area contributed by atoms with Crippen LogP contribution in [0.3, 0.4) is 0 Å². The van der Waals surface area contributed by atoms with Gasteiger partial charge in [0.15, 0.2) is 0 Å². The average Bonchev–Trinajstić information content (AvgIpc) is 3.36. The summed E-state index contributed by atoms with van der Waals surface area (Å²) in [4.78, 5) is 12.5. The van der Waals surface area contributed by atoms with E-state index in [0.29, 0.717) is 36.8 Å². The fourth-order valence-electron chi connectivity index (χ4n) is 3.34. The first kappa shape index (κ1) is 21.7. The lowest BCUT2D eigenvalue weighted by atomic mass is 10.2. The molecule has 0 aliphatic carbocycles. The molecule has 1 aliphatic rings. The molecule has 1 heterocycles. The summed E-state index contributed by atoms with van der Waals surface area (Å²) in [5.41, 5.74) is 1.26. The van der Waals surface area contributed by atoms with Crippen molar-refractivity contribution in [1.82, 2.24) is 0 Å². The molecule has 1 aliphatic heterocycles. The zero-order valence-electron chi connectivity index (χ0n) is 17.9. The summed E-state index contributed by atoms with van der Waals surface area (Å²) in [6, 6.07) is 24.0. The number of carbonyl (C=O) groups excluding carboxylic acids is 1. The highest BCUT2D eigenvalue weighted by Crippen LogP contribution is 2.20. The van der Waals surface area contributed by atoms with E-state index in [4.69, 9.17) is 18.9 Å². The number of anilines is 1. The summed E-state index contributed by atoms with van der Waals surface area (Å²) < 4.78 is 22.6. The number of ether oxygens (including phenoxy) is 4. The molecule has 1 saturated heterocycles. The molecule has 4 rings (SSSR count). The first-order valence-electron chi connectivity index (χ1n) is 10.8. The third kappa shape index (κ3) is 6.49. The van der Waals surface area contributed by atoms with Crippen molar-refractivity contribution in [2.24, 2.45) is 0 Å². The van der Waals surface area contributed by atoms with Crippen molar-refractivity contribution in [3.63, 3.8) is 0 Å². The summed E-state index contributed by atoms with van der Waals surface area (Å²) in [5, 5.41) is 2.89. The second-order valence-corrected chi connectivity index (χ2v) is 7.46. The lowest BCUT2D eigenvalue weighted by molar-refractivity contribution is 0.0679. The fraction of sp³-hybridized carbons (Fsp3) is 0.269. The maximum atomic E-state index is 12.5. The molecule has 32 heavy (non-hydrogen) atoms. The average molecular weight is 434 g/mol. The van der Waals surface area contributed by atoms with Crippen LogP contribution in [-0.4, -0.2) is 38.4 Å². The molecule has 6 nitrogen and oxygen atoms in total. The minimum Gasteiger partial charge on any atom is -0.491 e. The highest BCUT2D eigenvalue weighted by molar-refractivity contribution is 6.04. The van der Waals surface area contributed by atoms with Gasteiger partial charge >= 0.3 is 0 Å². The molecule has 0 radical (unpaired) electrons. The van der Waals surface area contributed by atoms with Gasteiger partial charge in [0.1, 0.15) is 37.1 Å². The van der Waals surface area contributed by atoms with Gasteiger partial charge in [-0.1, -0.05) is 18.2 Å². The quantitative estimate of drug-likeness (QED) is 0.458. The van der Waals surface area contributed by atoms with Crippen molar-refractivity contribution in [3.8, 4) is 17.2 Å². The Morgan fingerprint density at radius 3 is 2.09 bits per heavy atom. The third-order valence-corrected chi connectivity index (χ3v) is 5.05. The lowest BCUT2D eigenvalue weighted by Crippen LogP contribution is -2.16. The van der Waals surface area contributed by atoms with E-state index in [1.54, 1.807) is 24.3 Å². The molecule has 0 saturated carbocycles. The van der Waals surface area contributed by atoms with Gasteiger partial charge in [-0.25, -0.2) is 0 Å². The maximum absolute atomic E-state index is 12.5. The minimum atomic E-state index is -0.183. The van der Waals surface area contributed by atoms with Crippen molar-refractivity contribution < 1.29 is 23.7 Å². The topological polar surface area (TPSA) is 66.0 Å². The Morgan fingerprint density at radius 2 is 1.44 bits per heavy atom. The zero-order chi connectivity index (χ0) is 22.0. The molecule has 1 fully saturated rings. The Labute approximate surface area is 188 Å². The predicted octanol–water partition coefficient (Wildman–Crippen LogP) is 4.95. The van der Waals surface area contributed by atoms with E-state index in [1.807, 2.05) is 54.6 Å². The number of hydrogen-bond donors (Lipinski definition) is 1. The summed E-state index contributed by atoms with van der Waals surface area (Å²) >= 11 is 0. The lowest BCUT2D eigenvalue weighted by Gasteiger charge is -2.12. The first-order valence-corrected chi connectivity index (χ1v) is 10.8. The zero-order valence-corrected chi connectivity index (χ0v) is 17.9. The van der Waals surface area contributed by atoms with Crippen molar-refractivity contribution in [1.29, 1.82) is 0 Å². The van der Waals surface area contributed by atoms with E-state index in [0.717, 1.165) is 30.9 Å². The van der Waals surface area contributed by atoms with Crippen molar-refractivity contribution in [3.05, 3.63) is 84.4 Å². The second-order valence-electron chi connectivity index (χ2n) is 7.46. The molecule has 0 aromatic heterocycles. The molecule has 0 spiro atoms. The van der Waals surface area contributed by atoms with Gasteiger partial charge in [0.25, 0.3) is 5.91 Å². The van der Waals surface area contributed by atoms with Crippen LogP contribution in [-0.2, 0) is 4.74 Å². The molecule has 0 bridgehead atoms. The Bertz CT molecular complexity index is 967. The van der Waals surface area contributed by atoms with Gasteiger partial charge < -0.3 is 24.3 Å². The summed E-state index contributed by atoms with van der Waals surface area (Å²) in [7, 11) is 0. The van der Waals surface area contributed by atoms with E-state index < -0.39 is 0 Å². The Hall–Kier alpha value is -3.51. The molecule has 3 aromatic carbocycles. The number of para-hydroxylation sites is 1. The number of carbonyl (C=O) groups is 1. The molecule has 166 valence electrons. The highest BCUT2D eigenvalue weighted by atomic mass is 16.5. The number of nitrogens with one attached hydrogen (secondary N) is 1. The van der Waals surface area contributed by atoms with Crippen LogP contribution >= 0.6 is 0 Å². The molecular formula is C26H27NO5. The van der Waals surface area contributed by atoms with E-state index in [1.165, 1.54) is 0 Å². The van der Waals surface area contributed by atoms with Crippen LogP contribution in [0.5, 0.6) is 17.2 Å².